The second-order valence-corrected chi connectivity index (χ2v) is 14.9. The van der Waals surface area contributed by atoms with Crippen LogP contribution >= 0.6 is 45.8 Å². The SMILES string of the molecule is CCOc1cc(C2C3=C(CC(C)(C)CC3=O)NC3=C2C(=O)CC(C)(C)C3)cc(I)c1OCC(=O)Nc1ccc(Cl)c(Cl)c1. The molecule has 1 aliphatic heterocycles. The van der Waals surface area contributed by atoms with Gasteiger partial charge in [0, 0.05) is 47.0 Å². The van der Waals surface area contributed by atoms with Crippen LogP contribution in [0.25, 0.3) is 0 Å². The predicted octanol–water partition coefficient (Wildman–Crippen LogP) is 7.99. The minimum absolute atomic E-state index is 0.0557. The zero-order valence-electron chi connectivity index (χ0n) is 24.9. The number of Topliss-reactive ketones (excluding diaryl/α,β-unsaturated/α-hetero) is 2. The normalized spacial score (nSPS) is 19.4. The standard InChI is InChI=1S/C33H35Cl2IN2O5/c1-6-42-26-10-17(9-21(36)31(26)43-16-27(41)37-18-7-8-19(34)20(35)11-18)28-29-22(12-32(2,3)14-24(29)39)38-23-13-33(4,5)15-25(40)30(23)28/h7-11,28,38H,6,12-16H2,1-5H3,(H,37,41). The van der Waals surface area contributed by atoms with Gasteiger partial charge in [-0.2, -0.15) is 0 Å². The Labute approximate surface area is 275 Å². The molecule has 0 spiro atoms. The van der Waals surface area contributed by atoms with Crippen molar-refractivity contribution in [1.82, 2.24) is 5.32 Å². The number of hydrogen-bond acceptors (Lipinski definition) is 6. The molecular weight excluding hydrogens is 702 g/mol. The number of rotatable bonds is 7. The number of halogens is 3. The molecule has 43 heavy (non-hydrogen) atoms. The number of ketones is 2. The molecule has 3 aliphatic rings. The number of amides is 1. The number of dihydropyridines is 1. The molecule has 0 saturated carbocycles. The highest BCUT2D eigenvalue weighted by atomic mass is 127. The molecule has 5 rings (SSSR count). The molecule has 10 heteroatoms. The third-order valence-corrected chi connectivity index (χ3v) is 9.48. The van der Waals surface area contributed by atoms with Crippen molar-refractivity contribution in [3.8, 4) is 11.5 Å². The van der Waals surface area contributed by atoms with Gasteiger partial charge in [0.15, 0.2) is 29.7 Å². The number of nitrogens with one attached hydrogen (secondary N) is 2. The van der Waals surface area contributed by atoms with E-state index in [1.165, 1.54) is 0 Å². The topological polar surface area (TPSA) is 93.7 Å². The molecule has 0 saturated heterocycles. The van der Waals surface area contributed by atoms with Crippen LogP contribution in [0, 0.1) is 14.4 Å². The number of allylic oxidation sites excluding steroid dienone is 4. The molecule has 0 bridgehead atoms. The van der Waals surface area contributed by atoms with E-state index in [2.05, 4.69) is 60.9 Å². The first-order chi connectivity index (χ1) is 20.2. The molecule has 1 amide bonds. The van der Waals surface area contributed by atoms with Gasteiger partial charge in [0.1, 0.15) is 0 Å². The lowest BCUT2D eigenvalue weighted by molar-refractivity contribution is -0.119. The van der Waals surface area contributed by atoms with Gasteiger partial charge in [-0.3, -0.25) is 14.4 Å². The predicted molar refractivity (Wildman–Crippen MR) is 177 cm³/mol. The van der Waals surface area contributed by atoms with Gasteiger partial charge in [0.25, 0.3) is 5.91 Å². The van der Waals surface area contributed by atoms with Gasteiger partial charge in [-0.1, -0.05) is 50.9 Å². The summed E-state index contributed by atoms with van der Waals surface area (Å²) >= 11 is 14.2. The average Bonchev–Trinajstić information content (AvgIpc) is 2.87. The maximum atomic E-state index is 13.7. The van der Waals surface area contributed by atoms with Gasteiger partial charge < -0.3 is 20.1 Å². The molecule has 1 heterocycles. The molecule has 2 aromatic rings. The van der Waals surface area contributed by atoms with E-state index in [-0.39, 0.29) is 34.9 Å². The van der Waals surface area contributed by atoms with Gasteiger partial charge in [0.2, 0.25) is 0 Å². The summed E-state index contributed by atoms with van der Waals surface area (Å²) in [5, 5.41) is 7.03. The van der Waals surface area contributed by atoms with Gasteiger partial charge in [0.05, 0.1) is 20.2 Å². The van der Waals surface area contributed by atoms with Crippen molar-refractivity contribution >= 4 is 69.0 Å². The Morgan fingerprint density at radius 1 is 0.930 bits per heavy atom. The lowest BCUT2D eigenvalue weighted by atomic mass is 9.64. The van der Waals surface area contributed by atoms with Crippen molar-refractivity contribution in [2.75, 3.05) is 18.5 Å². The van der Waals surface area contributed by atoms with Crippen LogP contribution in [0.3, 0.4) is 0 Å². The molecular formula is C33H35Cl2IN2O5. The zero-order valence-corrected chi connectivity index (χ0v) is 28.6. The Balaban J connectivity index is 1.51. The lowest BCUT2D eigenvalue weighted by Gasteiger charge is -2.44. The molecule has 228 valence electrons. The molecule has 0 radical (unpaired) electrons. The number of hydrogen-bond donors (Lipinski definition) is 2. The van der Waals surface area contributed by atoms with E-state index in [4.69, 9.17) is 32.7 Å². The Kier molecular flexibility index (Phi) is 8.95. The number of carbonyl (C=O) groups is 3. The molecule has 0 aromatic heterocycles. The first-order valence-electron chi connectivity index (χ1n) is 14.3. The molecule has 2 aliphatic carbocycles. The fourth-order valence-corrected chi connectivity index (χ4v) is 7.37. The van der Waals surface area contributed by atoms with Gasteiger partial charge in [-0.15, -0.1) is 0 Å². The van der Waals surface area contributed by atoms with Crippen LogP contribution < -0.4 is 20.1 Å². The third kappa shape index (κ3) is 6.76. The highest BCUT2D eigenvalue weighted by Crippen LogP contribution is 2.52. The van der Waals surface area contributed by atoms with E-state index in [9.17, 15) is 14.4 Å². The van der Waals surface area contributed by atoms with E-state index in [0.717, 1.165) is 29.8 Å². The quantitative estimate of drug-likeness (QED) is 0.280. The van der Waals surface area contributed by atoms with Crippen molar-refractivity contribution in [2.45, 2.75) is 66.2 Å². The van der Waals surface area contributed by atoms with Crippen LogP contribution in [-0.4, -0.2) is 30.7 Å². The zero-order chi connectivity index (χ0) is 31.3. The van der Waals surface area contributed by atoms with Crippen LogP contribution in [0.1, 0.15) is 71.8 Å². The van der Waals surface area contributed by atoms with Crippen LogP contribution in [-0.2, 0) is 14.4 Å². The fourth-order valence-electron chi connectivity index (χ4n) is 6.29. The van der Waals surface area contributed by atoms with E-state index in [0.29, 0.717) is 61.4 Å². The van der Waals surface area contributed by atoms with Crippen molar-refractivity contribution < 1.29 is 23.9 Å². The minimum atomic E-state index is -0.502. The highest BCUT2D eigenvalue weighted by molar-refractivity contribution is 14.1. The van der Waals surface area contributed by atoms with Crippen LogP contribution in [0.4, 0.5) is 5.69 Å². The second kappa shape index (κ2) is 12.1. The largest absolute Gasteiger partial charge is 0.490 e. The summed E-state index contributed by atoms with van der Waals surface area (Å²) in [6.07, 6.45) is 2.27. The Morgan fingerprint density at radius 2 is 1.53 bits per heavy atom. The van der Waals surface area contributed by atoms with Crippen molar-refractivity contribution in [1.29, 1.82) is 0 Å². The smallest absolute Gasteiger partial charge is 0.262 e. The maximum absolute atomic E-state index is 13.7. The highest BCUT2D eigenvalue weighted by Gasteiger charge is 2.46. The van der Waals surface area contributed by atoms with Crippen LogP contribution in [0.15, 0.2) is 52.9 Å². The summed E-state index contributed by atoms with van der Waals surface area (Å²) in [7, 11) is 0. The summed E-state index contributed by atoms with van der Waals surface area (Å²) in [4.78, 5) is 40.2. The van der Waals surface area contributed by atoms with Crippen molar-refractivity contribution in [3.63, 3.8) is 0 Å². The summed E-state index contributed by atoms with van der Waals surface area (Å²) in [6, 6.07) is 8.61. The van der Waals surface area contributed by atoms with Crippen LogP contribution in [0.5, 0.6) is 11.5 Å². The Bertz CT molecular complexity index is 1540. The maximum Gasteiger partial charge on any atom is 0.262 e. The first-order valence-corrected chi connectivity index (χ1v) is 16.1. The Hall–Kier alpha value is -2.56. The summed E-state index contributed by atoms with van der Waals surface area (Å²) in [6.45, 7) is 10.4. The number of carbonyl (C=O) groups excluding carboxylic acids is 3. The summed E-state index contributed by atoms with van der Waals surface area (Å²) in [5.74, 6) is 0.0925. The van der Waals surface area contributed by atoms with E-state index >= 15 is 0 Å². The van der Waals surface area contributed by atoms with Crippen molar-refractivity contribution in [2.24, 2.45) is 10.8 Å². The monoisotopic (exact) mass is 736 g/mol. The summed E-state index contributed by atoms with van der Waals surface area (Å²) in [5.41, 5.74) is 4.07. The first kappa shape index (κ1) is 31.9. The van der Waals surface area contributed by atoms with E-state index in [1.54, 1.807) is 18.2 Å². The number of anilines is 1. The Morgan fingerprint density at radius 3 is 2.09 bits per heavy atom. The third-order valence-electron chi connectivity index (χ3n) is 7.94. The lowest BCUT2D eigenvalue weighted by Crippen LogP contribution is -2.42. The fraction of sp³-hybridized carbons (Fsp3) is 0.424. The van der Waals surface area contributed by atoms with E-state index < -0.39 is 5.92 Å². The second-order valence-electron chi connectivity index (χ2n) is 13.0. The number of ether oxygens (including phenoxy) is 2. The molecule has 0 unspecified atom stereocenters. The average molecular weight is 737 g/mol. The van der Waals surface area contributed by atoms with Gasteiger partial charge in [-0.05, 0) is 89.1 Å². The van der Waals surface area contributed by atoms with Crippen molar-refractivity contribution in [3.05, 3.63) is 72.1 Å². The molecule has 7 nitrogen and oxygen atoms in total. The van der Waals surface area contributed by atoms with E-state index in [1.807, 2.05) is 19.1 Å². The molecule has 0 atom stereocenters. The van der Waals surface area contributed by atoms with Crippen LogP contribution in [0.2, 0.25) is 10.0 Å². The van der Waals surface area contributed by atoms with Gasteiger partial charge in [-0.25, -0.2) is 0 Å². The molecule has 0 fully saturated rings. The van der Waals surface area contributed by atoms with Gasteiger partial charge >= 0.3 is 0 Å². The molecule has 2 N–H and O–H groups in total. The minimum Gasteiger partial charge on any atom is -0.490 e. The summed E-state index contributed by atoms with van der Waals surface area (Å²) < 4.78 is 12.7. The molecule has 2 aromatic carbocycles. The number of benzene rings is 2.